The molecule has 0 saturated carbocycles. The van der Waals surface area contributed by atoms with E-state index in [0.29, 0.717) is 0 Å². The Labute approximate surface area is 124 Å². The number of nitrogens with one attached hydrogen (secondary N) is 1. The van der Waals surface area contributed by atoms with Crippen LogP contribution in [0.5, 0.6) is 0 Å². The Bertz CT molecular complexity index is 371. The minimum absolute atomic E-state index is 0. The van der Waals surface area contributed by atoms with E-state index in [0.717, 1.165) is 31.3 Å². The van der Waals surface area contributed by atoms with Gasteiger partial charge in [0.1, 0.15) is 0 Å². The van der Waals surface area contributed by atoms with Gasteiger partial charge in [-0.2, -0.15) is 0 Å². The normalized spacial score (nSPS) is 15.9. The number of thiazole rings is 1. The lowest BCUT2D eigenvalue weighted by Crippen LogP contribution is -2.39. The molecule has 1 N–H and O–H groups in total. The quantitative estimate of drug-likeness (QED) is 0.496. The first-order valence-electron chi connectivity index (χ1n) is 5.66. The molecule has 0 radical (unpaired) electrons. The number of nitrogens with zero attached hydrogens (tertiary/aromatic N) is 3. The largest absolute Gasteiger partial charge is 0.351 e. The molecule has 17 heavy (non-hydrogen) atoms. The summed E-state index contributed by atoms with van der Waals surface area (Å²) in [5.74, 6) is 1.02. The number of rotatable bonds is 2. The van der Waals surface area contributed by atoms with Crippen LogP contribution in [0.4, 0.5) is 0 Å². The van der Waals surface area contributed by atoms with Gasteiger partial charge in [-0.15, -0.1) is 35.3 Å². The minimum Gasteiger partial charge on any atom is -0.351 e. The Morgan fingerprint density at radius 3 is 2.76 bits per heavy atom. The highest BCUT2D eigenvalue weighted by atomic mass is 127. The van der Waals surface area contributed by atoms with Gasteiger partial charge in [0, 0.05) is 25.0 Å². The van der Waals surface area contributed by atoms with Gasteiger partial charge in [0.2, 0.25) is 0 Å². The molecule has 1 aromatic rings. The van der Waals surface area contributed by atoms with Crippen molar-refractivity contribution in [2.75, 3.05) is 20.1 Å². The summed E-state index contributed by atoms with van der Waals surface area (Å²) in [6.07, 6.45) is 2.56. The molecule has 0 aromatic carbocycles. The number of hydrogen-bond acceptors (Lipinski definition) is 3. The molecule has 1 aromatic heterocycles. The first kappa shape index (κ1) is 14.7. The first-order valence-corrected chi connectivity index (χ1v) is 6.54. The summed E-state index contributed by atoms with van der Waals surface area (Å²) in [5, 5.41) is 3.40. The summed E-state index contributed by atoms with van der Waals surface area (Å²) in [7, 11) is 1.85. The SMILES string of the molecule is CN=C(NCc1scnc1C)N1CCCC1.I. The van der Waals surface area contributed by atoms with Crippen LogP contribution in [0.1, 0.15) is 23.4 Å². The molecule has 0 spiro atoms. The molecule has 0 bridgehead atoms. The van der Waals surface area contributed by atoms with Gasteiger partial charge in [-0.05, 0) is 19.8 Å². The molecule has 96 valence electrons. The second kappa shape index (κ2) is 7.15. The standard InChI is InChI=1S/C11H18N4S.HI/c1-9-10(16-8-14-9)7-13-11(12-2)15-5-3-4-6-15;/h8H,3-7H2,1-2H3,(H,12,13);1H. The topological polar surface area (TPSA) is 40.5 Å². The number of aliphatic imine (C=N–C) groups is 1. The van der Waals surface area contributed by atoms with E-state index < -0.39 is 0 Å². The molecular formula is C11H19IN4S. The fraction of sp³-hybridized carbons (Fsp3) is 0.636. The van der Waals surface area contributed by atoms with Crippen molar-refractivity contribution in [2.45, 2.75) is 26.3 Å². The van der Waals surface area contributed by atoms with Crippen molar-refractivity contribution < 1.29 is 0 Å². The van der Waals surface area contributed by atoms with E-state index in [9.17, 15) is 0 Å². The number of hydrogen-bond donors (Lipinski definition) is 1. The zero-order valence-corrected chi connectivity index (χ0v) is 13.4. The van der Waals surface area contributed by atoms with Crippen LogP contribution < -0.4 is 5.32 Å². The number of aryl methyl sites for hydroxylation is 1. The summed E-state index contributed by atoms with van der Waals surface area (Å²) in [6.45, 7) is 5.13. The molecule has 0 aliphatic carbocycles. The zero-order chi connectivity index (χ0) is 11.4. The molecular weight excluding hydrogens is 347 g/mol. The van der Waals surface area contributed by atoms with Crippen molar-refractivity contribution in [1.82, 2.24) is 15.2 Å². The number of aromatic nitrogens is 1. The predicted octanol–water partition coefficient (Wildman–Crippen LogP) is 2.24. The van der Waals surface area contributed by atoms with Gasteiger partial charge in [-0.1, -0.05) is 0 Å². The van der Waals surface area contributed by atoms with Crippen molar-refractivity contribution in [3.05, 3.63) is 16.1 Å². The first-order chi connectivity index (χ1) is 7.81. The lowest BCUT2D eigenvalue weighted by molar-refractivity contribution is 0.494. The van der Waals surface area contributed by atoms with Gasteiger partial charge in [-0.25, -0.2) is 4.98 Å². The van der Waals surface area contributed by atoms with Crippen molar-refractivity contribution >= 4 is 41.3 Å². The van der Waals surface area contributed by atoms with E-state index in [4.69, 9.17) is 0 Å². The molecule has 4 nitrogen and oxygen atoms in total. The maximum absolute atomic E-state index is 4.31. The third kappa shape index (κ3) is 3.80. The Hall–Kier alpha value is -0.370. The lowest BCUT2D eigenvalue weighted by atomic mass is 10.4. The predicted molar refractivity (Wildman–Crippen MR) is 83.3 cm³/mol. The van der Waals surface area contributed by atoms with Gasteiger partial charge < -0.3 is 10.2 Å². The second-order valence-electron chi connectivity index (χ2n) is 3.96. The van der Waals surface area contributed by atoms with E-state index in [2.05, 4.69) is 20.2 Å². The zero-order valence-electron chi connectivity index (χ0n) is 10.3. The van der Waals surface area contributed by atoms with Crippen LogP contribution >= 0.6 is 35.3 Å². The van der Waals surface area contributed by atoms with Crippen molar-refractivity contribution in [1.29, 1.82) is 0 Å². The van der Waals surface area contributed by atoms with Crippen LogP contribution in [-0.2, 0) is 6.54 Å². The van der Waals surface area contributed by atoms with Crippen LogP contribution in [0, 0.1) is 6.92 Å². The summed E-state index contributed by atoms with van der Waals surface area (Å²) in [6, 6.07) is 0. The van der Waals surface area contributed by atoms with E-state index in [1.165, 1.54) is 17.7 Å². The van der Waals surface area contributed by atoms with Crippen molar-refractivity contribution in [2.24, 2.45) is 4.99 Å². The molecule has 1 fully saturated rings. The third-order valence-corrected chi connectivity index (χ3v) is 3.80. The molecule has 0 amide bonds. The Balaban J connectivity index is 0.00000144. The Morgan fingerprint density at radius 1 is 1.53 bits per heavy atom. The van der Waals surface area contributed by atoms with E-state index in [-0.39, 0.29) is 24.0 Å². The molecule has 6 heteroatoms. The smallest absolute Gasteiger partial charge is 0.193 e. The monoisotopic (exact) mass is 366 g/mol. The van der Waals surface area contributed by atoms with Gasteiger partial charge in [-0.3, -0.25) is 4.99 Å². The maximum atomic E-state index is 4.31. The molecule has 0 unspecified atom stereocenters. The number of likely N-dealkylation sites (tertiary alicyclic amines) is 1. The number of halogens is 1. The van der Waals surface area contributed by atoms with Gasteiger partial charge in [0.05, 0.1) is 17.7 Å². The molecule has 1 aliphatic rings. The molecule has 1 aliphatic heterocycles. The van der Waals surface area contributed by atoms with E-state index in [1.807, 2.05) is 19.5 Å². The van der Waals surface area contributed by atoms with Gasteiger partial charge >= 0.3 is 0 Å². The fourth-order valence-electron chi connectivity index (χ4n) is 1.92. The van der Waals surface area contributed by atoms with Crippen molar-refractivity contribution in [3.8, 4) is 0 Å². The average molecular weight is 366 g/mol. The van der Waals surface area contributed by atoms with Crippen LogP contribution in [0.2, 0.25) is 0 Å². The van der Waals surface area contributed by atoms with Crippen LogP contribution in [-0.4, -0.2) is 36.0 Å². The molecule has 0 atom stereocenters. The van der Waals surface area contributed by atoms with Gasteiger partial charge in [0.15, 0.2) is 5.96 Å². The third-order valence-electron chi connectivity index (χ3n) is 2.87. The summed E-state index contributed by atoms with van der Waals surface area (Å²) < 4.78 is 0. The lowest BCUT2D eigenvalue weighted by Gasteiger charge is -2.20. The van der Waals surface area contributed by atoms with E-state index >= 15 is 0 Å². The highest BCUT2D eigenvalue weighted by molar-refractivity contribution is 14.0. The Morgan fingerprint density at radius 2 is 2.24 bits per heavy atom. The second-order valence-corrected chi connectivity index (χ2v) is 4.90. The fourth-order valence-corrected chi connectivity index (χ4v) is 2.63. The Kier molecular flexibility index (Phi) is 6.18. The van der Waals surface area contributed by atoms with E-state index in [1.54, 1.807) is 11.3 Å². The summed E-state index contributed by atoms with van der Waals surface area (Å²) in [4.78, 5) is 12.2. The van der Waals surface area contributed by atoms with Crippen LogP contribution in [0.3, 0.4) is 0 Å². The molecule has 2 rings (SSSR count). The van der Waals surface area contributed by atoms with Gasteiger partial charge in [0.25, 0.3) is 0 Å². The van der Waals surface area contributed by atoms with Crippen LogP contribution in [0.25, 0.3) is 0 Å². The number of guanidine groups is 1. The maximum Gasteiger partial charge on any atom is 0.193 e. The molecule has 1 saturated heterocycles. The average Bonchev–Trinajstić information content (AvgIpc) is 2.92. The highest BCUT2D eigenvalue weighted by Crippen LogP contribution is 2.12. The summed E-state index contributed by atoms with van der Waals surface area (Å²) >= 11 is 1.70. The molecule has 2 heterocycles. The summed E-state index contributed by atoms with van der Waals surface area (Å²) in [5.41, 5.74) is 3.01. The minimum atomic E-state index is 0. The van der Waals surface area contributed by atoms with Crippen LogP contribution in [0.15, 0.2) is 10.5 Å². The highest BCUT2D eigenvalue weighted by Gasteiger charge is 2.15. The van der Waals surface area contributed by atoms with Crippen molar-refractivity contribution in [3.63, 3.8) is 0 Å².